The van der Waals surface area contributed by atoms with Gasteiger partial charge in [-0.1, -0.05) is 0 Å². The monoisotopic (exact) mass is 225 g/mol. The van der Waals surface area contributed by atoms with Gasteiger partial charge in [-0.2, -0.15) is 13.2 Å². The van der Waals surface area contributed by atoms with Crippen LogP contribution in [0, 0.1) is 0 Å². The van der Waals surface area contributed by atoms with E-state index in [0.717, 1.165) is 6.54 Å². The fourth-order valence-electron chi connectivity index (χ4n) is 2.13. The highest BCUT2D eigenvalue weighted by Crippen LogP contribution is 2.28. The molecule has 0 aliphatic carbocycles. The van der Waals surface area contributed by atoms with Crippen LogP contribution in [0.1, 0.15) is 6.42 Å². The van der Waals surface area contributed by atoms with E-state index < -0.39 is 18.3 Å². The van der Waals surface area contributed by atoms with E-state index in [-0.39, 0.29) is 6.54 Å². The van der Waals surface area contributed by atoms with E-state index in [1.807, 2.05) is 11.9 Å². The van der Waals surface area contributed by atoms with E-state index in [0.29, 0.717) is 13.0 Å². The molecule has 0 aromatic heterocycles. The van der Waals surface area contributed by atoms with Crippen LogP contribution >= 0.6 is 0 Å². The molecule has 0 amide bonds. The fourth-order valence-corrected chi connectivity index (χ4v) is 2.13. The molecule has 3 nitrogen and oxygen atoms in total. The summed E-state index contributed by atoms with van der Waals surface area (Å²) in [6, 6.07) is 0. The molecule has 1 atom stereocenters. The molecular formula is C9H18F3N3. The number of likely N-dealkylation sites (tertiary alicyclic amines) is 1. The Bertz CT molecular complexity index is 219. The summed E-state index contributed by atoms with van der Waals surface area (Å²) in [6.45, 7) is 0.789. The van der Waals surface area contributed by atoms with Gasteiger partial charge in [-0.25, -0.2) is 0 Å². The number of nitrogens with zero attached hydrogens (tertiary/aromatic N) is 2. The minimum atomic E-state index is -4.15. The molecule has 2 N–H and O–H groups in total. The largest absolute Gasteiger partial charge is 0.401 e. The Morgan fingerprint density at radius 1 is 1.47 bits per heavy atom. The van der Waals surface area contributed by atoms with E-state index >= 15 is 0 Å². The molecule has 15 heavy (non-hydrogen) atoms. The molecule has 1 saturated heterocycles. The third kappa shape index (κ3) is 3.06. The Balaban J connectivity index is 2.66. The van der Waals surface area contributed by atoms with Crippen LogP contribution in [0.15, 0.2) is 0 Å². The van der Waals surface area contributed by atoms with Crippen LogP contribution in [-0.2, 0) is 0 Å². The SMILES string of the molecule is CN1CCC(CN)(N(C)CC(F)(F)F)C1. The van der Waals surface area contributed by atoms with Gasteiger partial charge in [0, 0.05) is 18.6 Å². The van der Waals surface area contributed by atoms with E-state index in [1.165, 1.54) is 11.9 Å². The summed E-state index contributed by atoms with van der Waals surface area (Å²) in [6.07, 6.45) is -3.45. The second kappa shape index (κ2) is 4.27. The number of nitrogens with two attached hydrogens (primary N) is 1. The number of rotatable bonds is 3. The Morgan fingerprint density at radius 2 is 2.07 bits per heavy atom. The Morgan fingerprint density at radius 3 is 2.40 bits per heavy atom. The first-order valence-corrected chi connectivity index (χ1v) is 4.96. The highest BCUT2D eigenvalue weighted by molar-refractivity contribution is 4.98. The maximum atomic E-state index is 12.3. The fraction of sp³-hybridized carbons (Fsp3) is 1.00. The van der Waals surface area contributed by atoms with Crippen molar-refractivity contribution in [1.82, 2.24) is 9.80 Å². The Hall–Kier alpha value is -0.330. The van der Waals surface area contributed by atoms with Gasteiger partial charge < -0.3 is 10.6 Å². The first-order chi connectivity index (χ1) is 6.79. The lowest BCUT2D eigenvalue weighted by atomic mass is 9.97. The predicted molar refractivity (Wildman–Crippen MR) is 52.6 cm³/mol. The zero-order valence-corrected chi connectivity index (χ0v) is 9.14. The normalized spacial score (nSPS) is 29.0. The minimum Gasteiger partial charge on any atom is -0.329 e. The molecule has 0 bridgehead atoms. The van der Waals surface area contributed by atoms with Crippen LogP contribution in [-0.4, -0.2) is 61.8 Å². The lowest BCUT2D eigenvalue weighted by Gasteiger charge is -2.38. The second-order valence-electron chi connectivity index (χ2n) is 4.39. The van der Waals surface area contributed by atoms with Crippen molar-refractivity contribution in [2.75, 3.05) is 40.3 Å². The van der Waals surface area contributed by atoms with Gasteiger partial charge in [0.05, 0.1) is 6.54 Å². The first kappa shape index (κ1) is 12.7. The molecule has 1 aliphatic heterocycles. The summed E-state index contributed by atoms with van der Waals surface area (Å²) in [7, 11) is 3.40. The van der Waals surface area contributed by atoms with Crippen molar-refractivity contribution in [3.8, 4) is 0 Å². The van der Waals surface area contributed by atoms with E-state index in [9.17, 15) is 13.2 Å². The summed E-state index contributed by atoms with van der Waals surface area (Å²) in [5.41, 5.74) is 5.11. The molecule has 1 heterocycles. The first-order valence-electron chi connectivity index (χ1n) is 4.96. The average molecular weight is 225 g/mol. The van der Waals surface area contributed by atoms with Gasteiger partial charge in [0.15, 0.2) is 0 Å². The van der Waals surface area contributed by atoms with E-state index in [1.54, 1.807) is 0 Å². The van der Waals surface area contributed by atoms with Crippen LogP contribution < -0.4 is 5.73 Å². The average Bonchev–Trinajstić information content (AvgIpc) is 2.45. The second-order valence-corrected chi connectivity index (χ2v) is 4.39. The molecule has 1 rings (SSSR count). The Labute approximate surface area is 88.0 Å². The molecule has 1 fully saturated rings. The van der Waals surface area contributed by atoms with Gasteiger partial charge in [-0.05, 0) is 27.1 Å². The van der Waals surface area contributed by atoms with Crippen molar-refractivity contribution in [3.63, 3.8) is 0 Å². The molecule has 0 spiro atoms. The highest BCUT2D eigenvalue weighted by atomic mass is 19.4. The summed E-state index contributed by atoms with van der Waals surface area (Å²) in [4.78, 5) is 3.36. The van der Waals surface area contributed by atoms with Crippen molar-refractivity contribution in [2.45, 2.75) is 18.1 Å². The van der Waals surface area contributed by atoms with E-state index in [4.69, 9.17) is 5.73 Å². The molecule has 90 valence electrons. The Kier molecular flexibility index (Phi) is 3.63. The summed E-state index contributed by atoms with van der Waals surface area (Å²) >= 11 is 0. The summed E-state index contributed by atoms with van der Waals surface area (Å²) in [5.74, 6) is 0. The van der Waals surface area contributed by atoms with Crippen LogP contribution in [0.4, 0.5) is 13.2 Å². The third-order valence-corrected chi connectivity index (χ3v) is 3.13. The number of hydrogen-bond donors (Lipinski definition) is 1. The van der Waals surface area contributed by atoms with Gasteiger partial charge in [-0.3, -0.25) is 4.90 Å². The van der Waals surface area contributed by atoms with Crippen molar-refractivity contribution < 1.29 is 13.2 Å². The molecule has 0 radical (unpaired) electrons. The van der Waals surface area contributed by atoms with Crippen molar-refractivity contribution in [1.29, 1.82) is 0 Å². The van der Waals surface area contributed by atoms with Crippen molar-refractivity contribution >= 4 is 0 Å². The smallest absolute Gasteiger partial charge is 0.329 e. The maximum Gasteiger partial charge on any atom is 0.401 e. The van der Waals surface area contributed by atoms with Gasteiger partial charge >= 0.3 is 6.18 Å². The lowest BCUT2D eigenvalue weighted by molar-refractivity contribution is -0.153. The molecule has 6 heteroatoms. The minimum absolute atomic E-state index is 0.268. The molecule has 0 aromatic rings. The standard InChI is InChI=1S/C9H18F3N3/c1-14-4-3-8(5-13,6-14)15(2)7-9(10,11)12/h3-7,13H2,1-2H3. The quantitative estimate of drug-likeness (QED) is 0.759. The number of hydrogen-bond acceptors (Lipinski definition) is 3. The number of likely N-dealkylation sites (N-methyl/N-ethyl adjacent to an activating group) is 2. The van der Waals surface area contributed by atoms with Gasteiger partial charge in [0.25, 0.3) is 0 Å². The van der Waals surface area contributed by atoms with Crippen LogP contribution in [0.5, 0.6) is 0 Å². The maximum absolute atomic E-state index is 12.3. The van der Waals surface area contributed by atoms with Gasteiger partial charge in [0.1, 0.15) is 0 Å². The molecular weight excluding hydrogens is 207 g/mol. The number of alkyl halides is 3. The molecule has 1 aliphatic rings. The van der Waals surface area contributed by atoms with Gasteiger partial charge in [0.2, 0.25) is 0 Å². The number of halogens is 3. The topological polar surface area (TPSA) is 32.5 Å². The molecule has 0 aromatic carbocycles. The van der Waals surface area contributed by atoms with Crippen LogP contribution in [0.25, 0.3) is 0 Å². The molecule has 0 saturated carbocycles. The van der Waals surface area contributed by atoms with Crippen LogP contribution in [0.3, 0.4) is 0 Å². The van der Waals surface area contributed by atoms with E-state index in [2.05, 4.69) is 0 Å². The molecule has 1 unspecified atom stereocenters. The highest BCUT2D eigenvalue weighted by Gasteiger charge is 2.43. The van der Waals surface area contributed by atoms with Crippen molar-refractivity contribution in [2.24, 2.45) is 5.73 Å². The zero-order chi connectivity index (χ0) is 11.7. The summed E-state index contributed by atoms with van der Waals surface area (Å²) < 4.78 is 36.8. The van der Waals surface area contributed by atoms with Crippen molar-refractivity contribution in [3.05, 3.63) is 0 Å². The summed E-state index contributed by atoms with van der Waals surface area (Å²) in [5, 5.41) is 0. The predicted octanol–water partition coefficient (Wildman–Crippen LogP) is 0.514. The van der Waals surface area contributed by atoms with Crippen LogP contribution in [0.2, 0.25) is 0 Å². The lowest BCUT2D eigenvalue weighted by Crippen LogP contribution is -2.56. The third-order valence-electron chi connectivity index (χ3n) is 3.13. The van der Waals surface area contributed by atoms with Gasteiger partial charge in [-0.15, -0.1) is 0 Å². The zero-order valence-electron chi connectivity index (χ0n) is 9.14.